The van der Waals surface area contributed by atoms with Crippen molar-refractivity contribution >= 4 is 23.2 Å². The summed E-state index contributed by atoms with van der Waals surface area (Å²) in [7, 11) is 3.09. The SMILES string of the molecule is COc1cc2c(cc1OC)/C(=C/c1cc(C)ccc1O)C(=O)N2. The molecule has 1 amide bonds. The molecule has 0 bridgehead atoms. The number of methoxy groups -OCH3 is 2. The van der Waals surface area contributed by atoms with Gasteiger partial charge in [-0.25, -0.2) is 0 Å². The van der Waals surface area contributed by atoms with Gasteiger partial charge in [0.1, 0.15) is 5.75 Å². The van der Waals surface area contributed by atoms with Gasteiger partial charge in [0.15, 0.2) is 11.5 Å². The fraction of sp³-hybridized carbons (Fsp3) is 0.167. The number of nitrogens with one attached hydrogen (secondary N) is 1. The second-order valence-corrected chi connectivity index (χ2v) is 5.33. The van der Waals surface area contributed by atoms with Gasteiger partial charge in [-0.2, -0.15) is 0 Å². The van der Waals surface area contributed by atoms with Gasteiger partial charge < -0.3 is 19.9 Å². The summed E-state index contributed by atoms with van der Waals surface area (Å²) in [4.78, 5) is 12.3. The van der Waals surface area contributed by atoms with Crippen molar-refractivity contribution in [1.29, 1.82) is 0 Å². The number of rotatable bonds is 3. The van der Waals surface area contributed by atoms with E-state index >= 15 is 0 Å². The molecule has 3 rings (SSSR count). The lowest BCUT2D eigenvalue weighted by atomic mass is 10.0. The van der Waals surface area contributed by atoms with Crippen LogP contribution in [0.5, 0.6) is 17.2 Å². The lowest BCUT2D eigenvalue weighted by Gasteiger charge is -2.09. The van der Waals surface area contributed by atoms with Crippen molar-refractivity contribution in [2.75, 3.05) is 19.5 Å². The van der Waals surface area contributed by atoms with Gasteiger partial charge >= 0.3 is 0 Å². The van der Waals surface area contributed by atoms with E-state index in [0.29, 0.717) is 33.9 Å². The summed E-state index contributed by atoms with van der Waals surface area (Å²) in [6, 6.07) is 8.74. The lowest BCUT2D eigenvalue weighted by Crippen LogP contribution is -2.03. The first-order valence-electron chi connectivity index (χ1n) is 7.12. The summed E-state index contributed by atoms with van der Waals surface area (Å²) < 4.78 is 10.5. The van der Waals surface area contributed by atoms with Crippen LogP contribution in [0.2, 0.25) is 0 Å². The fourth-order valence-corrected chi connectivity index (χ4v) is 2.61. The van der Waals surface area contributed by atoms with Gasteiger partial charge in [-0.1, -0.05) is 11.6 Å². The van der Waals surface area contributed by atoms with Crippen molar-refractivity contribution in [2.24, 2.45) is 0 Å². The van der Waals surface area contributed by atoms with Crippen LogP contribution in [0.3, 0.4) is 0 Å². The first-order valence-corrected chi connectivity index (χ1v) is 7.12. The normalized spacial score (nSPS) is 14.6. The first kappa shape index (κ1) is 15.0. The molecule has 1 aliphatic rings. The molecule has 1 heterocycles. The summed E-state index contributed by atoms with van der Waals surface area (Å²) in [6.07, 6.45) is 1.68. The number of aryl methyl sites for hydroxylation is 1. The van der Waals surface area contributed by atoms with Crippen LogP contribution < -0.4 is 14.8 Å². The molecule has 0 radical (unpaired) electrons. The molecule has 0 saturated heterocycles. The largest absolute Gasteiger partial charge is 0.507 e. The minimum absolute atomic E-state index is 0.129. The molecule has 118 valence electrons. The molecule has 1 aliphatic heterocycles. The van der Waals surface area contributed by atoms with Crippen molar-refractivity contribution in [3.8, 4) is 17.2 Å². The van der Waals surface area contributed by atoms with Gasteiger partial charge in [-0.15, -0.1) is 0 Å². The second kappa shape index (κ2) is 5.68. The minimum Gasteiger partial charge on any atom is -0.507 e. The average Bonchev–Trinajstić information content (AvgIpc) is 2.84. The summed E-state index contributed by atoms with van der Waals surface area (Å²) >= 11 is 0. The Balaban J connectivity index is 2.15. The van der Waals surface area contributed by atoms with E-state index in [1.807, 2.05) is 19.1 Å². The Morgan fingerprint density at radius 3 is 2.48 bits per heavy atom. The maximum atomic E-state index is 12.3. The maximum Gasteiger partial charge on any atom is 0.256 e. The van der Waals surface area contributed by atoms with Gasteiger partial charge in [0.2, 0.25) is 0 Å². The summed E-state index contributed by atoms with van der Waals surface area (Å²) in [6.45, 7) is 1.93. The number of benzene rings is 2. The third kappa shape index (κ3) is 2.61. The second-order valence-electron chi connectivity index (χ2n) is 5.33. The lowest BCUT2D eigenvalue weighted by molar-refractivity contribution is -0.110. The molecule has 0 fully saturated rings. The van der Waals surface area contributed by atoms with Gasteiger partial charge in [0.05, 0.1) is 19.9 Å². The molecule has 2 aromatic rings. The fourth-order valence-electron chi connectivity index (χ4n) is 2.61. The number of carbonyl (C=O) groups is 1. The Morgan fingerprint density at radius 2 is 1.78 bits per heavy atom. The van der Waals surface area contributed by atoms with E-state index in [9.17, 15) is 9.90 Å². The molecule has 23 heavy (non-hydrogen) atoms. The zero-order valence-corrected chi connectivity index (χ0v) is 13.1. The van der Waals surface area contributed by atoms with Crippen LogP contribution in [0.4, 0.5) is 5.69 Å². The van der Waals surface area contributed by atoms with Crippen molar-refractivity contribution < 1.29 is 19.4 Å². The molecule has 0 aliphatic carbocycles. The van der Waals surface area contributed by atoms with Gasteiger partial charge in [0, 0.05) is 22.8 Å². The Kier molecular flexibility index (Phi) is 3.70. The van der Waals surface area contributed by atoms with Crippen molar-refractivity contribution in [3.63, 3.8) is 0 Å². The monoisotopic (exact) mass is 311 g/mol. The molecule has 0 saturated carbocycles. The van der Waals surface area contributed by atoms with E-state index < -0.39 is 0 Å². The molecule has 5 heteroatoms. The zero-order chi connectivity index (χ0) is 16.6. The predicted molar refractivity (Wildman–Crippen MR) is 88.9 cm³/mol. The van der Waals surface area contributed by atoms with E-state index in [1.54, 1.807) is 38.5 Å². The van der Waals surface area contributed by atoms with Gasteiger partial charge in [0.25, 0.3) is 5.91 Å². The standard InChI is InChI=1S/C18H17NO4/c1-10-4-5-15(20)11(6-10)7-13-12-8-16(22-2)17(23-3)9-14(12)19-18(13)21/h4-9,20H,1-3H3,(H,19,21)/b13-7-. The number of carbonyl (C=O) groups excluding carboxylic acids is 1. The van der Waals surface area contributed by atoms with Crippen LogP contribution in [0.25, 0.3) is 11.6 Å². The van der Waals surface area contributed by atoms with E-state index in [1.165, 1.54) is 0 Å². The third-order valence-electron chi connectivity index (χ3n) is 3.79. The third-order valence-corrected chi connectivity index (χ3v) is 3.79. The molecular weight excluding hydrogens is 294 g/mol. The summed E-state index contributed by atoms with van der Waals surface area (Å²) in [5, 5.41) is 12.8. The van der Waals surface area contributed by atoms with E-state index in [4.69, 9.17) is 9.47 Å². The average molecular weight is 311 g/mol. The molecule has 0 spiro atoms. The Labute approximate surface area is 134 Å². The molecule has 0 aromatic heterocycles. The topological polar surface area (TPSA) is 67.8 Å². The van der Waals surface area contributed by atoms with Crippen LogP contribution in [0, 0.1) is 6.92 Å². The smallest absolute Gasteiger partial charge is 0.256 e. The van der Waals surface area contributed by atoms with Crippen LogP contribution >= 0.6 is 0 Å². The summed E-state index contributed by atoms with van der Waals surface area (Å²) in [5.41, 5.74) is 3.44. The molecular formula is C18H17NO4. The number of hydrogen-bond donors (Lipinski definition) is 2. The number of hydrogen-bond acceptors (Lipinski definition) is 4. The van der Waals surface area contributed by atoms with Gasteiger partial charge in [-0.3, -0.25) is 4.79 Å². The Hall–Kier alpha value is -2.95. The Bertz CT molecular complexity index is 824. The zero-order valence-electron chi connectivity index (χ0n) is 13.1. The minimum atomic E-state index is -0.226. The quantitative estimate of drug-likeness (QED) is 0.854. The van der Waals surface area contributed by atoms with Crippen molar-refractivity contribution in [3.05, 3.63) is 47.0 Å². The number of phenols is 1. The number of amides is 1. The number of aromatic hydroxyl groups is 1. The highest BCUT2D eigenvalue weighted by Crippen LogP contribution is 2.41. The number of anilines is 1. The number of fused-ring (bicyclic) bond motifs is 1. The van der Waals surface area contributed by atoms with Crippen LogP contribution in [-0.4, -0.2) is 25.2 Å². The number of phenolic OH excluding ortho intramolecular Hbond substituents is 1. The highest BCUT2D eigenvalue weighted by Gasteiger charge is 2.26. The van der Waals surface area contributed by atoms with E-state index in [2.05, 4.69) is 5.32 Å². The van der Waals surface area contributed by atoms with E-state index in [0.717, 1.165) is 5.56 Å². The maximum absolute atomic E-state index is 12.3. The van der Waals surface area contributed by atoms with Crippen molar-refractivity contribution in [2.45, 2.75) is 6.92 Å². The summed E-state index contributed by atoms with van der Waals surface area (Å²) in [5.74, 6) is 0.995. The van der Waals surface area contributed by atoms with Crippen LogP contribution in [0.15, 0.2) is 30.3 Å². The highest BCUT2D eigenvalue weighted by molar-refractivity contribution is 6.35. The number of ether oxygens (including phenoxy) is 2. The molecule has 2 aromatic carbocycles. The molecule has 5 nitrogen and oxygen atoms in total. The van der Waals surface area contributed by atoms with Crippen molar-refractivity contribution in [1.82, 2.24) is 0 Å². The molecule has 2 N–H and O–H groups in total. The molecule has 0 atom stereocenters. The first-order chi connectivity index (χ1) is 11.0. The Morgan fingerprint density at radius 1 is 1.09 bits per heavy atom. The predicted octanol–water partition coefficient (Wildman–Crippen LogP) is 3.21. The van der Waals surface area contributed by atoms with Gasteiger partial charge in [-0.05, 0) is 31.2 Å². The van der Waals surface area contributed by atoms with Crippen LogP contribution in [-0.2, 0) is 4.79 Å². The molecule has 0 unspecified atom stereocenters. The van der Waals surface area contributed by atoms with Crippen LogP contribution in [0.1, 0.15) is 16.7 Å². The van der Waals surface area contributed by atoms with E-state index in [-0.39, 0.29) is 11.7 Å². The highest BCUT2D eigenvalue weighted by atomic mass is 16.5.